The Bertz CT molecular complexity index is 1070. The monoisotopic (exact) mass is 373 g/mol. The third kappa shape index (κ3) is 3.74. The highest BCUT2D eigenvalue weighted by Crippen LogP contribution is 2.30. The summed E-state index contributed by atoms with van der Waals surface area (Å²) in [4.78, 5) is 0. The van der Waals surface area contributed by atoms with Gasteiger partial charge in [0.05, 0.1) is 6.61 Å². The van der Waals surface area contributed by atoms with Crippen LogP contribution in [0.25, 0.3) is 16.8 Å². The van der Waals surface area contributed by atoms with Crippen LogP contribution in [0.5, 0.6) is 0 Å². The number of rotatable bonds is 7. The summed E-state index contributed by atoms with van der Waals surface area (Å²) in [6.45, 7) is 3.49. The SMILES string of the molecule is Cc1c(Nc2nnc3cc(CNCCO)ccn23)cccc1-c1ccccc1. The van der Waals surface area contributed by atoms with E-state index in [-0.39, 0.29) is 6.61 Å². The molecule has 0 unspecified atom stereocenters. The first kappa shape index (κ1) is 18.2. The molecule has 0 bridgehead atoms. The van der Waals surface area contributed by atoms with E-state index < -0.39 is 0 Å². The van der Waals surface area contributed by atoms with Crippen molar-refractivity contribution in [2.24, 2.45) is 0 Å². The van der Waals surface area contributed by atoms with E-state index in [9.17, 15) is 0 Å². The van der Waals surface area contributed by atoms with Crippen molar-refractivity contribution in [3.63, 3.8) is 0 Å². The second kappa shape index (κ2) is 8.21. The molecule has 0 atom stereocenters. The van der Waals surface area contributed by atoms with Gasteiger partial charge < -0.3 is 15.7 Å². The predicted molar refractivity (Wildman–Crippen MR) is 112 cm³/mol. The molecule has 2 aromatic carbocycles. The average Bonchev–Trinajstić information content (AvgIpc) is 3.12. The summed E-state index contributed by atoms with van der Waals surface area (Å²) in [5, 5.41) is 24.1. The molecule has 0 saturated heterocycles. The van der Waals surface area contributed by atoms with Crippen molar-refractivity contribution in [3.8, 4) is 11.1 Å². The quantitative estimate of drug-likeness (QED) is 0.432. The largest absolute Gasteiger partial charge is 0.395 e. The number of aliphatic hydroxyl groups excluding tert-OH is 1. The highest BCUT2D eigenvalue weighted by Gasteiger charge is 2.10. The van der Waals surface area contributed by atoms with Gasteiger partial charge in [-0.1, -0.05) is 42.5 Å². The van der Waals surface area contributed by atoms with E-state index >= 15 is 0 Å². The first-order chi connectivity index (χ1) is 13.8. The predicted octanol–water partition coefficient (Wildman–Crippen LogP) is 3.53. The van der Waals surface area contributed by atoms with E-state index in [1.54, 1.807) is 0 Å². The molecule has 6 heteroatoms. The van der Waals surface area contributed by atoms with Crippen LogP contribution in [0, 0.1) is 6.92 Å². The van der Waals surface area contributed by atoms with Gasteiger partial charge in [0, 0.05) is 25.0 Å². The maximum absolute atomic E-state index is 8.88. The van der Waals surface area contributed by atoms with Gasteiger partial charge in [-0.2, -0.15) is 0 Å². The molecule has 0 aliphatic heterocycles. The van der Waals surface area contributed by atoms with E-state index in [0.717, 1.165) is 22.5 Å². The Morgan fingerprint density at radius 2 is 1.86 bits per heavy atom. The van der Waals surface area contributed by atoms with E-state index in [0.29, 0.717) is 19.0 Å². The summed E-state index contributed by atoms with van der Waals surface area (Å²) in [7, 11) is 0. The van der Waals surface area contributed by atoms with Gasteiger partial charge in [0.2, 0.25) is 5.95 Å². The zero-order chi connectivity index (χ0) is 19.3. The van der Waals surface area contributed by atoms with Crippen LogP contribution < -0.4 is 10.6 Å². The van der Waals surface area contributed by atoms with E-state index in [4.69, 9.17) is 5.11 Å². The average molecular weight is 373 g/mol. The van der Waals surface area contributed by atoms with Crippen molar-refractivity contribution < 1.29 is 5.11 Å². The van der Waals surface area contributed by atoms with E-state index in [2.05, 4.69) is 52.0 Å². The number of nitrogens with one attached hydrogen (secondary N) is 2. The van der Waals surface area contributed by atoms with Crippen LogP contribution in [0.1, 0.15) is 11.1 Å². The van der Waals surface area contributed by atoms with Gasteiger partial charge in [-0.25, -0.2) is 0 Å². The van der Waals surface area contributed by atoms with Crippen LogP contribution in [0.3, 0.4) is 0 Å². The summed E-state index contributed by atoms with van der Waals surface area (Å²) in [6, 6.07) is 20.6. The van der Waals surface area contributed by atoms with Crippen LogP contribution in [-0.2, 0) is 6.54 Å². The maximum Gasteiger partial charge on any atom is 0.233 e. The smallest absolute Gasteiger partial charge is 0.233 e. The number of aromatic nitrogens is 3. The Labute approximate surface area is 163 Å². The van der Waals surface area contributed by atoms with Crippen LogP contribution in [-0.4, -0.2) is 32.9 Å². The third-order valence-electron chi connectivity index (χ3n) is 4.76. The molecule has 0 spiro atoms. The zero-order valence-corrected chi connectivity index (χ0v) is 15.8. The molecule has 0 amide bonds. The number of aliphatic hydroxyl groups is 1. The van der Waals surface area contributed by atoms with E-state index in [1.807, 2.05) is 47.0 Å². The summed E-state index contributed by atoms with van der Waals surface area (Å²) in [6.07, 6.45) is 1.96. The molecule has 3 N–H and O–H groups in total. The van der Waals surface area contributed by atoms with Crippen molar-refractivity contribution in [1.82, 2.24) is 19.9 Å². The molecule has 0 aliphatic rings. The maximum atomic E-state index is 8.88. The Kier molecular flexibility index (Phi) is 5.32. The Morgan fingerprint density at radius 1 is 1.00 bits per heavy atom. The minimum Gasteiger partial charge on any atom is -0.395 e. The number of nitrogens with zero attached hydrogens (tertiary/aromatic N) is 3. The first-order valence-corrected chi connectivity index (χ1v) is 9.33. The molecule has 6 nitrogen and oxygen atoms in total. The highest BCUT2D eigenvalue weighted by molar-refractivity contribution is 5.75. The topological polar surface area (TPSA) is 74.5 Å². The number of benzene rings is 2. The lowest BCUT2D eigenvalue weighted by atomic mass is 9.99. The number of anilines is 2. The van der Waals surface area contributed by atoms with Crippen molar-refractivity contribution >= 4 is 17.3 Å². The van der Waals surface area contributed by atoms with Crippen LogP contribution in [0.4, 0.5) is 11.6 Å². The fourth-order valence-electron chi connectivity index (χ4n) is 3.26. The van der Waals surface area contributed by atoms with Gasteiger partial charge in [-0.3, -0.25) is 4.40 Å². The minimum atomic E-state index is 0.128. The van der Waals surface area contributed by atoms with Crippen LogP contribution >= 0.6 is 0 Å². The molecule has 4 rings (SSSR count). The van der Waals surface area contributed by atoms with Crippen LogP contribution in [0.15, 0.2) is 66.9 Å². The number of fused-ring (bicyclic) bond motifs is 1. The van der Waals surface area contributed by atoms with Crippen molar-refractivity contribution in [2.45, 2.75) is 13.5 Å². The standard InChI is InChI=1S/C22H23N5O/c1-16-19(18-6-3-2-4-7-18)8-5-9-20(16)24-22-26-25-21-14-17(10-12-27(21)22)15-23-11-13-28/h2-10,12,14,23,28H,11,13,15H2,1H3,(H,24,26). The zero-order valence-electron chi connectivity index (χ0n) is 15.8. The molecule has 28 heavy (non-hydrogen) atoms. The van der Waals surface area contributed by atoms with Gasteiger partial charge in [0.1, 0.15) is 0 Å². The Hall–Kier alpha value is -3.22. The molecule has 0 aliphatic carbocycles. The molecular formula is C22H23N5O. The lowest BCUT2D eigenvalue weighted by molar-refractivity contribution is 0.292. The minimum absolute atomic E-state index is 0.128. The highest BCUT2D eigenvalue weighted by atomic mass is 16.3. The van der Waals surface area contributed by atoms with Gasteiger partial charge in [0.15, 0.2) is 5.65 Å². The molecule has 4 aromatic rings. The lowest BCUT2D eigenvalue weighted by Crippen LogP contribution is -2.17. The number of pyridine rings is 1. The summed E-state index contributed by atoms with van der Waals surface area (Å²) >= 11 is 0. The molecule has 0 fully saturated rings. The molecular weight excluding hydrogens is 350 g/mol. The van der Waals surface area contributed by atoms with Gasteiger partial charge in [0.25, 0.3) is 0 Å². The number of hydrogen-bond acceptors (Lipinski definition) is 5. The fourth-order valence-corrected chi connectivity index (χ4v) is 3.26. The summed E-state index contributed by atoms with van der Waals surface area (Å²) in [5.74, 6) is 0.679. The summed E-state index contributed by atoms with van der Waals surface area (Å²) < 4.78 is 1.93. The summed E-state index contributed by atoms with van der Waals surface area (Å²) in [5.41, 5.74) is 6.43. The molecule has 2 aromatic heterocycles. The third-order valence-corrected chi connectivity index (χ3v) is 4.76. The van der Waals surface area contributed by atoms with Crippen molar-refractivity contribution in [1.29, 1.82) is 0 Å². The lowest BCUT2D eigenvalue weighted by Gasteiger charge is -2.12. The molecule has 0 saturated carbocycles. The molecule has 142 valence electrons. The van der Waals surface area contributed by atoms with Crippen molar-refractivity contribution in [2.75, 3.05) is 18.5 Å². The second-order valence-corrected chi connectivity index (χ2v) is 6.66. The van der Waals surface area contributed by atoms with Crippen LogP contribution in [0.2, 0.25) is 0 Å². The second-order valence-electron chi connectivity index (χ2n) is 6.66. The van der Waals surface area contributed by atoms with Gasteiger partial charge >= 0.3 is 0 Å². The Morgan fingerprint density at radius 3 is 2.68 bits per heavy atom. The normalized spacial score (nSPS) is 11.1. The van der Waals surface area contributed by atoms with E-state index in [1.165, 1.54) is 11.1 Å². The Balaban J connectivity index is 1.60. The van der Waals surface area contributed by atoms with Gasteiger partial charge in [-0.05, 0) is 47.4 Å². The van der Waals surface area contributed by atoms with Crippen molar-refractivity contribution in [3.05, 3.63) is 78.0 Å². The fraction of sp³-hybridized carbons (Fsp3) is 0.182. The molecule has 2 heterocycles. The van der Waals surface area contributed by atoms with Gasteiger partial charge in [-0.15, -0.1) is 10.2 Å². The molecule has 0 radical (unpaired) electrons. The number of hydrogen-bond donors (Lipinski definition) is 3. The first-order valence-electron chi connectivity index (χ1n) is 9.33.